The van der Waals surface area contributed by atoms with Gasteiger partial charge >= 0.3 is 0 Å². The van der Waals surface area contributed by atoms with Crippen LogP contribution in [0.3, 0.4) is 0 Å². The van der Waals surface area contributed by atoms with Crippen molar-refractivity contribution in [2.24, 2.45) is 11.7 Å². The van der Waals surface area contributed by atoms with E-state index >= 15 is 0 Å². The van der Waals surface area contributed by atoms with Gasteiger partial charge in [-0.15, -0.1) is 0 Å². The zero-order valence-corrected chi connectivity index (χ0v) is 11.7. The van der Waals surface area contributed by atoms with E-state index in [9.17, 15) is 9.18 Å². The Bertz CT molecular complexity index is 481. The molecule has 104 valence electrons. The van der Waals surface area contributed by atoms with Crippen molar-refractivity contribution in [1.82, 2.24) is 4.90 Å². The average Bonchev–Trinajstić information content (AvgIpc) is 2.78. The van der Waals surface area contributed by atoms with Crippen LogP contribution in [-0.2, 0) is 11.3 Å². The molecular weight excluding hydrogens is 267 g/mol. The molecule has 0 spiro atoms. The van der Waals surface area contributed by atoms with E-state index in [1.165, 1.54) is 12.1 Å². The third kappa shape index (κ3) is 3.25. The Morgan fingerprint density at radius 3 is 2.84 bits per heavy atom. The summed E-state index contributed by atoms with van der Waals surface area (Å²) in [7, 11) is 1.73. The maximum absolute atomic E-state index is 13.0. The molecule has 0 radical (unpaired) electrons. The molecule has 1 fully saturated rings. The average molecular weight is 285 g/mol. The minimum atomic E-state index is -0.374. The van der Waals surface area contributed by atoms with Gasteiger partial charge in [-0.3, -0.25) is 4.79 Å². The molecule has 1 aliphatic carbocycles. The van der Waals surface area contributed by atoms with E-state index in [0.717, 1.165) is 24.8 Å². The number of carbonyl (C=O) groups is 1. The molecule has 1 aromatic carbocycles. The second-order valence-corrected chi connectivity index (χ2v) is 5.54. The van der Waals surface area contributed by atoms with Crippen molar-refractivity contribution in [3.8, 4) is 0 Å². The molecule has 2 atom stereocenters. The second kappa shape index (κ2) is 5.88. The highest BCUT2D eigenvalue weighted by Gasteiger charge is 2.32. The van der Waals surface area contributed by atoms with Gasteiger partial charge in [-0.2, -0.15) is 0 Å². The van der Waals surface area contributed by atoms with Crippen LogP contribution in [0, 0.1) is 11.7 Å². The second-order valence-electron chi connectivity index (χ2n) is 5.13. The monoisotopic (exact) mass is 284 g/mol. The molecule has 0 heterocycles. The predicted octanol–water partition coefficient (Wildman–Crippen LogP) is 2.56. The minimum Gasteiger partial charge on any atom is -0.341 e. The first-order valence-corrected chi connectivity index (χ1v) is 6.81. The maximum Gasteiger partial charge on any atom is 0.227 e. The fourth-order valence-corrected chi connectivity index (χ4v) is 2.79. The molecule has 0 bridgehead atoms. The normalized spacial score (nSPS) is 22.5. The Hall–Kier alpha value is -1.13. The molecule has 2 unspecified atom stereocenters. The number of nitrogens with two attached hydrogens (primary N) is 1. The minimum absolute atomic E-state index is 0.0429. The lowest BCUT2D eigenvalue weighted by molar-refractivity contribution is -0.134. The Kier molecular flexibility index (Phi) is 4.42. The van der Waals surface area contributed by atoms with Gasteiger partial charge in [0.2, 0.25) is 5.91 Å². The largest absolute Gasteiger partial charge is 0.341 e. The quantitative estimate of drug-likeness (QED) is 0.927. The lowest BCUT2D eigenvalue weighted by Gasteiger charge is -2.23. The maximum atomic E-state index is 13.0. The lowest BCUT2D eigenvalue weighted by atomic mass is 10.0. The van der Waals surface area contributed by atoms with Gasteiger partial charge in [-0.05, 0) is 30.5 Å². The first-order chi connectivity index (χ1) is 8.99. The third-order valence-corrected chi connectivity index (χ3v) is 4.04. The van der Waals surface area contributed by atoms with Crippen LogP contribution in [0.4, 0.5) is 4.39 Å². The van der Waals surface area contributed by atoms with Gasteiger partial charge in [-0.1, -0.05) is 24.1 Å². The summed E-state index contributed by atoms with van der Waals surface area (Å²) in [6, 6.07) is 4.17. The molecule has 1 aromatic rings. The van der Waals surface area contributed by atoms with Gasteiger partial charge in [0, 0.05) is 24.7 Å². The number of hydrogen-bond donors (Lipinski definition) is 1. The molecule has 1 aliphatic rings. The van der Waals surface area contributed by atoms with Crippen molar-refractivity contribution in [1.29, 1.82) is 0 Å². The zero-order valence-electron chi connectivity index (χ0n) is 10.9. The highest BCUT2D eigenvalue weighted by molar-refractivity contribution is 6.31. The number of nitrogens with zero attached hydrogens (tertiary/aromatic N) is 1. The number of rotatable bonds is 3. The molecular formula is C14H18ClFN2O. The van der Waals surface area contributed by atoms with Crippen molar-refractivity contribution < 1.29 is 9.18 Å². The number of carbonyl (C=O) groups excluding carboxylic acids is 1. The summed E-state index contributed by atoms with van der Waals surface area (Å²) in [5, 5.41) is 0.343. The van der Waals surface area contributed by atoms with E-state index in [4.69, 9.17) is 17.3 Å². The molecule has 1 amide bonds. The highest BCUT2D eigenvalue weighted by atomic mass is 35.5. The Balaban J connectivity index is 2.04. The summed E-state index contributed by atoms with van der Waals surface area (Å²) < 4.78 is 13.0. The van der Waals surface area contributed by atoms with E-state index in [1.807, 2.05) is 0 Å². The first-order valence-electron chi connectivity index (χ1n) is 6.43. The number of halogens is 2. The SMILES string of the molecule is CN(Cc1ccc(F)cc1Cl)C(=O)C1CCCC1N. The third-order valence-electron chi connectivity index (χ3n) is 3.69. The molecule has 5 heteroatoms. The molecule has 3 nitrogen and oxygen atoms in total. The smallest absolute Gasteiger partial charge is 0.227 e. The van der Waals surface area contributed by atoms with Crippen LogP contribution in [0.15, 0.2) is 18.2 Å². The molecule has 2 rings (SSSR count). The standard InChI is InChI=1S/C14H18ClFN2O/c1-18(14(19)11-3-2-4-13(11)17)8-9-5-6-10(16)7-12(9)15/h5-7,11,13H,2-4,8,17H2,1H3. The summed E-state index contributed by atoms with van der Waals surface area (Å²) >= 11 is 5.96. The summed E-state index contributed by atoms with van der Waals surface area (Å²) in [5.74, 6) is -0.421. The van der Waals surface area contributed by atoms with Crippen LogP contribution in [0.1, 0.15) is 24.8 Å². The summed E-state index contributed by atoms with van der Waals surface area (Å²) in [4.78, 5) is 13.9. The summed E-state index contributed by atoms with van der Waals surface area (Å²) in [5.41, 5.74) is 6.68. The number of hydrogen-bond acceptors (Lipinski definition) is 2. The van der Waals surface area contributed by atoms with E-state index in [0.29, 0.717) is 11.6 Å². The van der Waals surface area contributed by atoms with Gasteiger partial charge in [0.15, 0.2) is 0 Å². The predicted molar refractivity (Wildman–Crippen MR) is 73.2 cm³/mol. The van der Waals surface area contributed by atoms with E-state index < -0.39 is 0 Å². The van der Waals surface area contributed by atoms with E-state index in [1.54, 1.807) is 18.0 Å². The number of amides is 1. The van der Waals surface area contributed by atoms with E-state index in [-0.39, 0.29) is 23.7 Å². The zero-order chi connectivity index (χ0) is 14.0. The fourth-order valence-electron chi connectivity index (χ4n) is 2.56. The molecule has 19 heavy (non-hydrogen) atoms. The lowest BCUT2D eigenvalue weighted by Crippen LogP contribution is -2.39. The highest BCUT2D eigenvalue weighted by Crippen LogP contribution is 2.26. The van der Waals surface area contributed by atoms with Crippen molar-refractivity contribution in [3.05, 3.63) is 34.6 Å². The Morgan fingerprint density at radius 2 is 2.26 bits per heavy atom. The summed E-state index contributed by atoms with van der Waals surface area (Å²) in [6.45, 7) is 0.376. The van der Waals surface area contributed by atoms with Crippen molar-refractivity contribution in [3.63, 3.8) is 0 Å². The van der Waals surface area contributed by atoms with Gasteiger partial charge in [-0.25, -0.2) is 4.39 Å². The van der Waals surface area contributed by atoms with Crippen molar-refractivity contribution >= 4 is 17.5 Å². The summed E-state index contributed by atoms with van der Waals surface area (Å²) in [6.07, 6.45) is 2.76. The molecule has 0 aliphatic heterocycles. The van der Waals surface area contributed by atoms with Crippen LogP contribution in [0.25, 0.3) is 0 Å². The fraction of sp³-hybridized carbons (Fsp3) is 0.500. The molecule has 1 saturated carbocycles. The van der Waals surface area contributed by atoms with Gasteiger partial charge in [0.1, 0.15) is 5.82 Å². The van der Waals surface area contributed by atoms with E-state index in [2.05, 4.69) is 0 Å². The van der Waals surface area contributed by atoms with Crippen LogP contribution < -0.4 is 5.73 Å². The molecule has 2 N–H and O–H groups in total. The van der Waals surface area contributed by atoms with Gasteiger partial charge in [0.05, 0.1) is 5.92 Å². The molecule has 0 saturated heterocycles. The topological polar surface area (TPSA) is 46.3 Å². The van der Waals surface area contributed by atoms with Crippen molar-refractivity contribution in [2.45, 2.75) is 31.8 Å². The van der Waals surface area contributed by atoms with Crippen LogP contribution in [0.5, 0.6) is 0 Å². The van der Waals surface area contributed by atoms with Crippen LogP contribution in [0.2, 0.25) is 5.02 Å². The van der Waals surface area contributed by atoms with Crippen molar-refractivity contribution in [2.75, 3.05) is 7.05 Å². The Labute approximate surface area is 117 Å². The Morgan fingerprint density at radius 1 is 1.53 bits per heavy atom. The molecule has 0 aromatic heterocycles. The first kappa shape index (κ1) is 14.3. The van der Waals surface area contributed by atoms with Gasteiger partial charge < -0.3 is 10.6 Å². The van der Waals surface area contributed by atoms with Crippen LogP contribution in [-0.4, -0.2) is 23.9 Å². The van der Waals surface area contributed by atoms with Crippen LogP contribution >= 0.6 is 11.6 Å². The van der Waals surface area contributed by atoms with Gasteiger partial charge in [0.25, 0.3) is 0 Å². The number of benzene rings is 1.